The summed E-state index contributed by atoms with van der Waals surface area (Å²) in [4.78, 5) is 23.6. The number of amides is 1. The first kappa shape index (κ1) is 15.2. The average molecular weight is 267 g/mol. The number of nitrogens with zero attached hydrogens (tertiary/aromatic N) is 1. The zero-order valence-electron chi connectivity index (χ0n) is 12.0. The van der Waals surface area contributed by atoms with E-state index < -0.39 is 12.0 Å². The number of aryl methyl sites for hydroxylation is 2. The second-order valence-electron chi connectivity index (χ2n) is 4.90. The van der Waals surface area contributed by atoms with E-state index in [9.17, 15) is 9.59 Å². The molecule has 1 unspecified atom stereocenters. The summed E-state index contributed by atoms with van der Waals surface area (Å²) >= 11 is 0. The van der Waals surface area contributed by atoms with Gasteiger partial charge in [-0.15, -0.1) is 0 Å². The number of nitrogens with one attached hydrogen (secondary N) is 2. The summed E-state index contributed by atoms with van der Waals surface area (Å²) in [6.07, 6.45) is 0.203. The zero-order valence-corrected chi connectivity index (χ0v) is 12.0. The normalized spacial score (nSPS) is 12.3. The third-order valence-electron chi connectivity index (χ3n) is 3.06. The largest absolute Gasteiger partial charge is 0.467 e. The molecule has 0 bridgehead atoms. The fourth-order valence-corrected chi connectivity index (χ4v) is 1.84. The highest BCUT2D eigenvalue weighted by Crippen LogP contribution is 2.11. The van der Waals surface area contributed by atoms with Gasteiger partial charge in [0.05, 0.1) is 19.2 Å². The molecule has 106 valence electrons. The van der Waals surface area contributed by atoms with Gasteiger partial charge in [-0.2, -0.15) is 5.10 Å². The van der Waals surface area contributed by atoms with Crippen molar-refractivity contribution >= 4 is 11.9 Å². The van der Waals surface area contributed by atoms with Crippen molar-refractivity contribution in [2.24, 2.45) is 5.92 Å². The van der Waals surface area contributed by atoms with Gasteiger partial charge in [0.25, 0.3) is 0 Å². The van der Waals surface area contributed by atoms with Gasteiger partial charge in [0, 0.05) is 11.3 Å². The van der Waals surface area contributed by atoms with E-state index in [1.54, 1.807) is 0 Å². The number of aromatic nitrogens is 2. The minimum atomic E-state index is -0.620. The minimum absolute atomic E-state index is 0.0251. The molecule has 19 heavy (non-hydrogen) atoms. The van der Waals surface area contributed by atoms with E-state index in [1.165, 1.54) is 7.11 Å². The molecule has 1 aromatic heterocycles. The maximum Gasteiger partial charge on any atom is 0.328 e. The van der Waals surface area contributed by atoms with Crippen molar-refractivity contribution in [3.05, 3.63) is 17.0 Å². The molecule has 0 saturated heterocycles. The van der Waals surface area contributed by atoms with Crippen LogP contribution in [-0.4, -0.2) is 35.2 Å². The predicted octanol–water partition coefficient (Wildman–Crippen LogP) is 0.883. The minimum Gasteiger partial charge on any atom is -0.467 e. The van der Waals surface area contributed by atoms with Gasteiger partial charge in [0.2, 0.25) is 5.91 Å². The molecule has 1 rings (SSSR count). The first-order valence-corrected chi connectivity index (χ1v) is 6.24. The molecular formula is C13H21N3O3. The highest BCUT2D eigenvalue weighted by Gasteiger charge is 2.25. The molecule has 0 radical (unpaired) electrons. The third-order valence-corrected chi connectivity index (χ3v) is 3.06. The summed E-state index contributed by atoms with van der Waals surface area (Å²) in [5.41, 5.74) is 2.53. The number of hydrogen-bond acceptors (Lipinski definition) is 4. The quantitative estimate of drug-likeness (QED) is 0.776. The molecule has 1 heterocycles. The van der Waals surface area contributed by atoms with E-state index in [0.717, 1.165) is 17.0 Å². The second-order valence-corrected chi connectivity index (χ2v) is 4.90. The van der Waals surface area contributed by atoms with E-state index in [4.69, 9.17) is 0 Å². The number of aromatic amines is 1. The molecule has 2 N–H and O–H groups in total. The van der Waals surface area contributed by atoms with Gasteiger partial charge >= 0.3 is 5.97 Å². The Hall–Kier alpha value is -1.85. The molecule has 0 spiro atoms. The van der Waals surface area contributed by atoms with Crippen molar-refractivity contribution in [1.29, 1.82) is 0 Å². The van der Waals surface area contributed by atoms with Gasteiger partial charge in [0.1, 0.15) is 6.04 Å². The number of esters is 1. The van der Waals surface area contributed by atoms with Crippen molar-refractivity contribution in [1.82, 2.24) is 15.5 Å². The van der Waals surface area contributed by atoms with Crippen molar-refractivity contribution in [2.45, 2.75) is 40.2 Å². The third kappa shape index (κ3) is 3.81. The number of ether oxygens (including phenoxy) is 1. The van der Waals surface area contributed by atoms with Crippen LogP contribution >= 0.6 is 0 Å². The lowest BCUT2D eigenvalue weighted by Crippen LogP contribution is -2.45. The van der Waals surface area contributed by atoms with E-state index in [-0.39, 0.29) is 18.2 Å². The molecule has 1 atom stereocenters. The van der Waals surface area contributed by atoms with Crippen LogP contribution in [0.3, 0.4) is 0 Å². The van der Waals surface area contributed by atoms with Gasteiger partial charge in [-0.25, -0.2) is 4.79 Å². The highest BCUT2D eigenvalue weighted by atomic mass is 16.5. The van der Waals surface area contributed by atoms with E-state index >= 15 is 0 Å². The van der Waals surface area contributed by atoms with Gasteiger partial charge < -0.3 is 10.1 Å². The van der Waals surface area contributed by atoms with Crippen LogP contribution in [0.15, 0.2) is 0 Å². The monoisotopic (exact) mass is 267 g/mol. The standard InChI is InChI=1S/C13H21N3O3/c1-7(2)12(13(18)19-5)14-11(17)6-10-8(3)15-16-9(10)4/h7,12H,6H2,1-5H3,(H,14,17)(H,15,16). The molecule has 6 nitrogen and oxygen atoms in total. The molecule has 6 heteroatoms. The van der Waals surface area contributed by atoms with Crippen molar-refractivity contribution < 1.29 is 14.3 Å². The van der Waals surface area contributed by atoms with Gasteiger partial charge in [-0.3, -0.25) is 9.89 Å². The number of carbonyl (C=O) groups is 2. The zero-order chi connectivity index (χ0) is 14.6. The van der Waals surface area contributed by atoms with E-state index in [0.29, 0.717) is 0 Å². The number of H-pyrrole nitrogens is 1. The summed E-state index contributed by atoms with van der Waals surface area (Å²) in [5.74, 6) is -0.663. The molecule has 1 aromatic rings. The Morgan fingerprint density at radius 3 is 2.42 bits per heavy atom. The maximum atomic E-state index is 12.0. The Kier molecular flexibility index (Phi) is 5.09. The second kappa shape index (κ2) is 6.36. The van der Waals surface area contributed by atoms with Crippen LogP contribution in [-0.2, 0) is 20.7 Å². The van der Waals surface area contributed by atoms with Gasteiger partial charge in [-0.1, -0.05) is 13.8 Å². The molecule has 0 saturated carbocycles. The SMILES string of the molecule is COC(=O)C(NC(=O)Cc1c(C)n[nH]c1C)C(C)C. The molecule has 0 fully saturated rings. The maximum absolute atomic E-state index is 12.0. The number of rotatable bonds is 5. The van der Waals surface area contributed by atoms with Crippen LogP contribution in [0, 0.1) is 19.8 Å². The summed E-state index contributed by atoms with van der Waals surface area (Å²) in [7, 11) is 1.31. The highest BCUT2D eigenvalue weighted by molar-refractivity contribution is 5.86. The Balaban J connectivity index is 2.71. The van der Waals surface area contributed by atoms with Crippen LogP contribution in [0.25, 0.3) is 0 Å². The molecule has 0 aliphatic rings. The summed E-state index contributed by atoms with van der Waals surface area (Å²) in [6, 6.07) is -0.620. The molecular weight excluding hydrogens is 246 g/mol. The Bertz CT molecular complexity index is 446. The summed E-state index contributed by atoms with van der Waals surface area (Å²) in [6.45, 7) is 7.42. The van der Waals surface area contributed by atoms with Crippen LogP contribution in [0.5, 0.6) is 0 Å². The first-order chi connectivity index (χ1) is 8.86. The van der Waals surface area contributed by atoms with Crippen molar-refractivity contribution in [3.8, 4) is 0 Å². The topological polar surface area (TPSA) is 84.1 Å². The van der Waals surface area contributed by atoms with E-state index in [2.05, 4.69) is 20.3 Å². The number of methoxy groups -OCH3 is 1. The lowest BCUT2D eigenvalue weighted by Gasteiger charge is -2.19. The van der Waals surface area contributed by atoms with Crippen molar-refractivity contribution in [2.75, 3.05) is 7.11 Å². The molecule has 1 amide bonds. The van der Waals surface area contributed by atoms with Crippen LogP contribution < -0.4 is 5.32 Å². The lowest BCUT2D eigenvalue weighted by molar-refractivity contribution is -0.146. The molecule has 0 aromatic carbocycles. The van der Waals surface area contributed by atoms with E-state index in [1.807, 2.05) is 27.7 Å². The fourth-order valence-electron chi connectivity index (χ4n) is 1.84. The predicted molar refractivity (Wildman–Crippen MR) is 70.6 cm³/mol. The van der Waals surface area contributed by atoms with Gasteiger partial charge in [-0.05, 0) is 19.8 Å². The molecule has 0 aliphatic heterocycles. The van der Waals surface area contributed by atoms with Gasteiger partial charge in [0.15, 0.2) is 0 Å². The molecule has 0 aliphatic carbocycles. The number of carbonyl (C=O) groups excluding carboxylic acids is 2. The Labute approximate surface area is 112 Å². The summed E-state index contributed by atoms with van der Waals surface area (Å²) in [5, 5.41) is 9.57. The van der Waals surface area contributed by atoms with Crippen molar-refractivity contribution in [3.63, 3.8) is 0 Å². The Morgan fingerprint density at radius 1 is 1.37 bits per heavy atom. The smallest absolute Gasteiger partial charge is 0.328 e. The fraction of sp³-hybridized carbons (Fsp3) is 0.615. The first-order valence-electron chi connectivity index (χ1n) is 6.24. The number of hydrogen-bond donors (Lipinski definition) is 2. The van der Waals surface area contributed by atoms with Crippen LogP contribution in [0.4, 0.5) is 0 Å². The lowest BCUT2D eigenvalue weighted by atomic mass is 10.0. The van der Waals surface area contributed by atoms with Crippen LogP contribution in [0.1, 0.15) is 30.8 Å². The summed E-state index contributed by atoms with van der Waals surface area (Å²) < 4.78 is 4.69. The van der Waals surface area contributed by atoms with Crippen LogP contribution in [0.2, 0.25) is 0 Å². The average Bonchev–Trinajstić information content (AvgIpc) is 2.66. The Morgan fingerprint density at radius 2 is 2.00 bits per heavy atom.